The van der Waals surface area contributed by atoms with Gasteiger partial charge in [0.1, 0.15) is 0 Å². The third kappa shape index (κ3) is 5.35. The molecule has 0 saturated heterocycles. The van der Waals surface area contributed by atoms with Gasteiger partial charge in [-0.2, -0.15) is 0 Å². The summed E-state index contributed by atoms with van der Waals surface area (Å²) in [5.41, 5.74) is 5.88. The van der Waals surface area contributed by atoms with E-state index in [1.807, 2.05) is 0 Å². The van der Waals surface area contributed by atoms with Gasteiger partial charge in [-0.25, -0.2) is 0 Å². The highest BCUT2D eigenvalue weighted by Crippen LogP contribution is 2.27. The summed E-state index contributed by atoms with van der Waals surface area (Å²) >= 11 is 3.10. The first-order valence-electron chi connectivity index (χ1n) is 5.98. The van der Waals surface area contributed by atoms with Gasteiger partial charge < -0.3 is 11.1 Å². The number of hydrogen-bond donors (Lipinski definition) is 2. The smallest absolute Gasteiger partial charge is 0.283 e. The van der Waals surface area contributed by atoms with E-state index in [1.165, 1.54) is 18.2 Å². The molecule has 1 rings (SSSR count). The van der Waals surface area contributed by atoms with E-state index >= 15 is 0 Å². The number of nitro benzene ring substituents is 1. The first-order valence-corrected chi connectivity index (χ1v) is 6.77. The number of unbranched alkanes of at least 4 members (excludes halogenated alkanes) is 2. The van der Waals surface area contributed by atoms with Gasteiger partial charge in [0, 0.05) is 18.2 Å². The SMILES string of the molecule is NCCCCCC(=O)Nc1ccc([N+](=O)[O-])c(Br)c1. The maximum atomic E-state index is 11.6. The molecule has 0 saturated carbocycles. The molecular formula is C12H16BrN3O3. The molecule has 0 atom stereocenters. The number of nitro groups is 1. The Labute approximate surface area is 119 Å². The van der Waals surface area contributed by atoms with Gasteiger partial charge in [0.15, 0.2) is 0 Å². The molecule has 1 amide bonds. The van der Waals surface area contributed by atoms with E-state index in [-0.39, 0.29) is 11.6 Å². The maximum absolute atomic E-state index is 11.6. The van der Waals surface area contributed by atoms with E-state index < -0.39 is 4.92 Å². The van der Waals surface area contributed by atoms with Crippen LogP contribution in [-0.4, -0.2) is 17.4 Å². The van der Waals surface area contributed by atoms with E-state index in [1.54, 1.807) is 0 Å². The highest BCUT2D eigenvalue weighted by molar-refractivity contribution is 9.10. The lowest BCUT2D eigenvalue weighted by Crippen LogP contribution is -2.11. The molecule has 1 aromatic rings. The molecule has 0 aliphatic heterocycles. The van der Waals surface area contributed by atoms with E-state index in [2.05, 4.69) is 21.2 Å². The van der Waals surface area contributed by atoms with Gasteiger partial charge in [-0.3, -0.25) is 14.9 Å². The fourth-order valence-electron chi connectivity index (χ4n) is 1.56. The fraction of sp³-hybridized carbons (Fsp3) is 0.417. The molecule has 3 N–H and O–H groups in total. The summed E-state index contributed by atoms with van der Waals surface area (Å²) in [5, 5.41) is 13.3. The Balaban J connectivity index is 2.51. The van der Waals surface area contributed by atoms with Gasteiger partial charge in [-0.05, 0) is 47.4 Å². The molecular weight excluding hydrogens is 314 g/mol. The summed E-state index contributed by atoms with van der Waals surface area (Å²) in [4.78, 5) is 21.8. The quantitative estimate of drug-likeness (QED) is 0.456. The zero-order valence-electron chi connectivity index (χ0n) is 10.4. The van der Waals surface area contributed by atoms with E-state index in [0.29, 0.717) is 23.1 Å². The van der Waals surface area contributed by atoms with Crippen LogP contribution in [0.25, 0.3) is 0 Å². The van der Waals surface area contributed by atoms with Crippen molar-refractivity contribution in [2.75, 3.05) is 11.9 Å². The maximum Gasteiger partial charge on any atom is 0.283 e. The van der Waals surface area contributed by atoms with Crippen LogP contribution in [-0.2, 0) is 4.79 Å². The van der Waals surface area contributed by atoms with Crippen molar-refractivity contribution in [2.24, 2.45) is 5.73 Å². The second-order valence-electron chi connectivity index (χ2n) is 4.07. The molecule has 1 aromatic carbocycles. The van der Waals surface area contributed by atoms with Crippen molar-refractivity contribution in [3.63, 3.8) is 0 Å². The highest BCUT2D eigenvalue weighted by Gasteiger charge is 2.12. The van der Waals surface area contributed by atoms with Crippen LogP contribution in [0, 0.1) is 10.1 Å². The van der Waals surface area contributed by atoms with Crippen molar-refractivity contribution in [1.82, 2.24) is 0 Å². The largest absolute Gasteiger partial charge is 0.330 e. The number of nitrogens with two attached hydrogens (primary N) is 1. The summed E-state index contributed by atoms with van der Waals surface area (Å²) in [7, 11) is 0. The molecule has 0 fully saturated rings. The van der Waals surface area contributed by atoms with Crippen LogP contribution in [0.2, 0.25) is 0 Å². The van der Waals surface area contributed by atoms with Gasteiger partial charge in [0.2, 0.25) is 5.91 Å². The molecule has 0 unspecified atom stereocenters. The van der Waals surface area contributed by atoms with Gasteiger partial charge in [-0.15, -0.1) is 0 Å². The van der Waals surface area contributed by atoms with E-state index in [4.69, 9.17) is 5.73 Å². The van der Waals surface area contributed by atoms with Crippen LogP contribution in [0.5, 0.6) is 0 Å². The summed E-state index contributed by atoms with van der Waals surface area (Å²) in [5.74, 6) is -0.0993. The van der Waals surface area contributed by atoms with Crippen molar-refractivity contribution >= 4 is 33.2 Å². The number of nitrogens with one attached hydrogen (secondary N) is 1. The van der Waals surface area contributed by atoms with Gasteiger partial charge in [0.05, 0.1) is 9.40 Å². The van der Waals surface area contributed by atoms with Gasteiger partial charge in [0.25, 0.3) is 5.69 Å². The lowest BCUT2D eigenvalue weighted by molar-refractivity contribution is -0.385. The molecule has 0 spiro atoms. The lowest BCUT2D eigenvalue weighted by Gasteiger charge is -2.05. The van der Waals surface area contributed by atoms with Gasteiger partial charge >= 0.3 is 0 Å². The van der Waals surface area contributed by atoms with E-state index in [9.17, 15) is 14.9 Å². The zero-order chi connectivity index (χ0) is 14.3. The second kappa shape index (κ2) is 7.85. The van der Waals surface area contributed by atoms with Crippen molar-refractivity contribution < 1.29 is 9.72 Å². The normalized spacial score (nSPS) is 10.2. The molecule has 0 bridgehead atoms. The standard InChI is InChI=1S/C12H16BrN3O3/c13-10-8-9(5-6-11(10)16(18)19)15-12(17)4-2-1-3-7-14/h5-6,8H,1-4,7,14H2,(H,15,17). The van der Waals surface area contributed by atoms with Crippen LogP contribution in [0.1, 0.15) is 25.7 Å². The third-order valence-corrected chi connectivity index (χ3v) is 3.17. The Hall–Kier alpha value is -1.47. The van der Waals surface area contributed by atoms with Crippen LogP contribution in [0.4, 0.5) is 11.4 Å². The molecule has 0 aliphatic rings. The Morgan fingerprint density at radius 2 is 2.11 bits per heavy atom. The average Bonchev–Trinajstić information content (AvgIpc) is 2.34. The predicted octanol–water partition coefficient (Wildman–Crippen LogP) is 2.81. The van der Waals surface area contributed by atoms with E-state index in [0.717, 1.165) is 19.3 Å². The van der Waals surface area contributed by atoms with Crippen LogP contribution < -0.4 is 11.1 Å². The van der Waals surface area contributed by atoms with Crippen molar-refractivity contribution in [3.8, 4) is 0 Å². The fourth-order valence-corrected chi connectivity index (χ4v) is 2.09. The Morgan fingerprint density at radius 3 is 2.68 bits per heavy atom. The topological polar surface area (TPSA) is 98.3 Å². The number of hydrogen-bond acceptors (Lipinski definition) is 4. The number of carbonyl (C=O) groups excluding carboxylic acids is 1. The number of benzene rings is 1. The minimum Gasteiger partial charge on any atom is -0.330 e. The molecule has 0 aliphatic carbocycles. The molecule has 19 heavy (non-hydrogen) atoms. The third-order valence-electron chi connectivity index (χ3n) is 2.54. The minimum atomic E-state index is -0.484. The highest BCUT2D eigenvalue weighted by atomic mass is 79.9. The number of rotatable bonds is 7. The molecule has 104 valence electrons. The summed E-state index contributed by atoms with van der Waals surface area (Å²) in [6.45, 7) is 0.636. The predicted molar refractivity (Wildman–Crippen MR) is 76.9 cm³/mol. The second-order valence-corrected chi connectivity index (χ2v) is 4.93. The Bertz CT molecular complexity index is 466. The number of amides is 1. The van der Waals surface area contributed by atoms with Gasteiger partial charge in [-0.1, -0.05) is 6.42 Å². The first kappa shape index (κ1) is 15.6. The average molecular weight is 330 g/mol. The zero-order valence-corrected chi connectivity index (χ0v) is 12.0. The lowest BCUT2D eigenvalue weighted by atomic mass is 10.2. The van der Waals surface area contributed by atoms with Crippen molar-refractivity contribution in [1.29, 1.82) is 0 Å². The van der Waals surface area contributed by atoms with Crippen LogP contribution >= 0.6 is 15.9 Å². The summed E-state index contributed by atoms with van der Waals surface area (Å²) in [6.07, 6.45) is 3.05. The van der Waals surface area contributed by atoms with Crippen LogP contribution in [0.15, 0.2) is 22.7 Å². The van der Waals surface area contributed by atoms with Crippen LogP contribution in [0.3, 0.4) is 0 Å². The first-order chi connectivity index (χ1) is 9.04. The minimum absolute atomic E-state index is 0.0269. The number of nitrogens with zero attached hydrogens (tertiary/aromatic N) is 1. The molecule has 0 heterocycles. The monoisotopic (exact) mass is 329 g/mol. The molecule has 0 aromatic heterocycles. The number of carbonyl (C=O) groups is 1. The Kier molecular flexibility index (Phi) is 6.44. The molecule has 0 radical (unpaired) electrons. The molecule has 6 nitrogen and oxygen atoms in total. The Morgan fingerprint density at radius 1 is 1.37 bits per heavy atom. The number of anilines is 1. The molecule has 7 heteroatoms. The summed E-state index contributed by atoms with van der Waals surface area (Å²) in [6, 6.07) is 4.39. The van der Waals surface area contributed by atoms with Crippen molar-refractivity contribution in [3.05, 3.63) is 32.8 Å². The van der Waals surface area contributed by atoms with Crippen molar-refractivity contribution in [2.45, 2.75) is 25.7 Å². The number of halogens is 1. The summed E-state index contributed by atoms with van der Waals surface area (Å²) < 4.78 is 0.346.